The maximum atomic E-state index is 13.4. The van der Waals surface area contributed by atoms with Crippen LogP contribution in [-0.2, 0) is 20.6 Å². The average molecular weight is 481 g/mol. The highest BCUT2D eigenvalue weighted by atomic mass is 32.2. The summed E-state index contributed by atoms with van der Waals surface area (Å²) in [6, 6.07) is 7.86. The second-order valence-corrected chi connectivity index (χ2v) is 10.6. The predicted octanol–water partition coefficient (Wildman–Crippen LogP) is 3.32. The summed E-state index contributed by atoms with van der Waals surface area (Å²) in [5.74, 6) is -2.86. The summed E-state index contributed by atoms with van der Waals surface area (Å²) in [6.07, 6.45) is 1.07. The minimum Gasteiger partial charge on any atom is -0.353 e. The van der Waals surface area contributed by atoms with Gasteiger partial charge in [-0.05, 0) is 24.3 Å². The van der Waals surface area contributed by atoms with E-state index < -0.39 is 15.8 Å². The van der Waals surface area contributed by atoms with Crippen molar-refractivity contribution < 1.29 is 22.0 Å². The number of hydrogen-bond donors (Lipinski definition) is 0. The van der Waals surface area contributed by atoms with E-state index in [9.17, 15) is 22.0 Å². The number of hydrogen-bond acceptors (Lipinski definition) is 7. The summed E-state index contributed by atoms with van der Waals surface area (Å²) in [6.45, 7) is 2.64. The molecule has 0 N–H and O–H groups in total. The first-order valence-corrected chi connectivity index (χ1v) is 12.6. The molecular formula is C21H22F2N4O3S2. The average Bonchev–Trinajstić information content (AvgIpc) is 3.26. The molecule has 0 unspecified atom stereocenters. The van der Waals surface area contributed by atoms with Gasteiger partial charge in [0, 0.05) is 51.3 Å². The number of fused-ring (bicyclic) bond motifs is 1. The molecule has 0 atom stereocenters. The molecule has 1 fully saturated rings. The molecule has 1 aliphatic rings. The largest absolute Gasteiger partial charge is 0.353 e. The van der Waals surface area contributed by atoms with Crippen LogP contribution in [0.25, 0.3) is 10.2 Å². The molecule has 32 heavy (non-hydrogen) atoms. The number of anilines is 1. The first-order chi connectivity index (χ1) is 15.1. The summed E-state index contributed by atoms with van der Waals surface area (Å²) < 4.78 is 52.9. The number of sulfone groups is 1. The number of carbonyl (C=O) groups excluding carboxylic acids is 1. The molecule has 3 aromatic rings. The van der Waals surface area contributed by atoms with Crippen LogP contribution in [0.3, 0.4) is 0 Å². The van der Waals surface area contributed by atoms with Crippen molar-refractivity contribution in [1.82, 2.24) is 14.9 Å². The zero-order valence-corrected chi connectivity index (χ0v) is 19.0. The van der Waals surface area contributed by atoms with E-state index in [1.54, 1.807) is 34.7 Å². The van der Waals surface area contributed by atoms with Crippen LogP contribution < -0.4 is 4.90 Å². The predicted molar refractivity (Wildman–Crippen MR) is 119 cm³/mol. The minimum absolute atomic E-state index is 0.101. The monoisotopic (exact) mass is 480 g/mol. The lowest BCUT2D eigenvalue weighted by molar-refractivity contribution is -0.131. The minimum atomic E-state index is -3.62. The number of piperazine rings is 1. The number of carbonyl (C=O) groups is 1. The van der Waals surface area contributed by atoms with Crippen molar-refractivity contribution in [2.75, 3.05) is 36.8 Å². The molecule has 0 spiro atoms. The Hall–Kier alpha value is -2.66. The fourth-order valence-electron chi connectivity index (χ4n) is 3.61. The first kappa shape index (κ1) is 22.5. The number of benzene rings is 1. The first-order valence-electron chi connectivity index (χ1n) is 10.1. The van der Waals surface area contributed by atoms with Crippen LogP contribution in [0.4, 0.5) is 14.6 Å². The Morgan fingerprint density at radius 3 is 2.53 bits per heavy atom. The van der Waals surface area contributed by atoms with Gasteiger partial charge in [0.25, 0.3) is 5.92 Å². The third kappa shape index (κ3) is 4.73. The molecule has 2 aromatic heterocycles. The summed E-state index contributed by atoms with van der Waals surface area (Å²) in [5.41, 5.74) is 2.08. The number of nitrogens with zero attached hydrogens (tertiary/aromatic N) is 4. The fraction of sp³-hybridized carbons (Fsp3) is 0.381. The van der Waals surface area contributed by atoms with E-state index in [4.69, 9.17) is 0 Å². The van der Waals surface area contributed by atoms with Crippen LogP contribution in [0.2, 0.25) is 0 Å². The van der Waals surface area contributed by atoms with E-state index in [2.05, 4.69) is 9.97 Å². The fourth-order valence-corrected chi connectivity index (χ4v) is 6.17. The molecule has 1 saturated heterocycles. The molecule has 3 heterocycles. The molecule has 0 aliphatic carbocycles. The number of rotatable bonds is 6. The molecule has 170 valence electrons. The van der Waals surface area contributed by atoms with Crippen LogP contribution in [0, 0.1) is 0 Å². The number of alkyl halides is 2. The van der Waals surface area contributed by atoms with Gasteiger partial charge in [0.1, 0.15) is 5.82 Å². The maximum absolute atomic E-state index is 13.4. The lowest BCUT2D eigenvalue weighted by atomic mass is 10.2. The quantitative estimate of drug-likeness (QED) is 0.538. The van der Waals surface area contributed by atoms with Crippen molar-refractivity contribution in [3.63, 3.8) is 0 Å². The van der Waals surface area contributed by atoms with E-state index in [0.717, 1.165) is 6.92 Å². The van der Waals surface area contributed by atoms with Crippen LogP contribution >= 0.6 is 11.3 Å². The van der Waals surface area contributed by atoms with Gasteiger partial charge in [-0.15, -0.1) is 11.3 Å². The molecule has 0 radical (unpaired) electrons. The van der Waals surface area contributed by atoms with E-state index in [1.165, 1.54) is 23.6 Å². The Kier molecular flexibility index (Phi) is 6.13. The summed E-state index contributed by atoms with van der Waals surface area (Å²) in [4.78, 5) is 24.6. The standard InChI is InChI=1S/C21H22F2N4O3S2/c1-21(22,23)15-5-6-18(24-13-15)26-8-10-27(11-9-26)19(28)7-12-32(29,30)17-4-2-3-16-20(17)31-14-25-16/h2-6,13-14H,7-12H2,1H3. The molecule has 4 rings (SSSR count). The molecule has 0 bridgehead atoms. The summed E-state index contributed by atoms with van der Waals surface area (Å²) in [5, 5.41) is 0. The summed E-state index contributed by atoms with van der Waals surface area (Å²) >= 11 is 1.26. The van der Waals surface area contributed by atoms with E-state index >= 15 is 0 Å². The second-order valence-electron chi connectivity index (χ2n) is 7.69. The lowest BCUT2D eigenvalue weighted by Gasteiger charge is -2.35. The van der Waals surface area contributed by atoms with Crippen molar-refractivity contribution in [1.29, 1.82) is 0 Å². The van der Waals surface area contributed by atoms with Gasteiger partial charge in [0.2, 0.25) is 5.91 Å². The maximum Gasteiger partial charge on any atom is 0.272 e. The van der Waals surface area contributed by atoms with Gasteiger partial charge in [0.15, 0.2) is 9.84 Å². The zero-order chi connectivity index (χ0) is 22.9. The van der Waals surface area contributed by atoms with Gasteiger partial charge in [0.05, 0.1) is 26.4 Å². The number of pyridine rings is 1. The third-order valence-electron chi connectivity index (χ3n) is 5.45. The number of halogens is 2. The van der Waals surface area contributed by atoms with Crippen molar-refractivity contribution in [3.8, 4) is 0 Å². The number of thiazole rings is 1. The van der Waals surface area contributed by atoms with Crippen LogP contribution in [0.1, 0.15) is 18.9 Å². The normalized spacial score (nSPS) is 15.3. The Labute approximate surface area is 188 Å². The second kappa shape index (κ2) is 8.70. The van der Waals surface area contributed by atoms with Gasteiger partial charge in [-0.25, -0.2) is 27.2 Å². The van der Waals surface area contributed by atoms with Crippen molar-refractivity contribution in [2.24, 2.45) is 0 Å². The van der Waals surface area contributed by atoms with E-state index in [-0.39, 0.29) is 28.5 Å². The van der Waals surface area contributed by atoms with Gasteiger partial charge in [-0.1, -0.05) is 6.07 Å². The van der Waals surface area contributed by atoms with Gasteiger partial charge >= 0.3 is 0 Å². The molecule has 1 aromatic carbocycles. The molecule has 7 nitrogen and oxygen atoms in total. The molecule has 11 heteroatoms. The van der Waals surface area contributed by atoms with Crippen LogP contribution in [0.5, 0.6) is 0 Å². The Morgan fingerprint density at radius 2 is 1.88 bits per heavy atom. The number of amides is 1. The third-order valence-corrected chi connectivity index (χ3v) is 8.21. The van der Waals surface area contributed by atoms with Gasteiger partial charge < -0.3 is 9.80 Å². The van der Waals surface area contributed by atoms with Crippen molar-refractivity contribution in [2.45, 2.75) is 24.2 Å². The molecule has 1 aliphatic heterocycles. The number of aromatic nitrogens is 2. The highest BCUT2D eigenvalue weighted by Gasteiger charge is 2.27. The smallest absolute Gasteiger partial charge is 0.272 e. The Morgan fingerprint density at radius 1 is 1.12 bits per heavy atom. The van der Waals surface area contributed by atoms with Crippen molar-refractivity contribution >= 4 is 43.1 Å². The van der Waals surface area contributed by atoms with Gasteiger partial charge in [-0.3, -0.25) is 4.79 Å². The van der Waals surface area contributed by atoms with Crippen LogP contribution in [-0.4, -0.2) is 61.1 Å². The highest BCUT2D eigenvalue weighted by Crippen LogP contribution is 2.28. The van der Waals surface area contributed by atoms with E-state index in [0.29, 0.717) is 42.2 Å². The highest BCUT2D eigenvalue weighted by molar-refractivity contribution is 7.91. The molecular weight excluding hydrogens is 458 g/mol. The van der Waals surface area contributed by atoms with Crippen LogP contribution in [0.15, 0.2) is 46.9 Å². The SMILES string of the molecule is CC(F)(F)c1ccc(N2CCN(C(=O)CCS(=O)(=O)c3cccc4ncsc34)CC2)nc1. The lowest BCUT2D eigenvalue weighted by Crippen LogP contribution is -2.49. The Bertz CT molecular complexity index is 1220. The van der Waals surface area contributed by atoms with Crippen molar-refractivity contribution in [3.05, 3.63) is 47.6 Å². The topological polar surface area (TPSA) is 83.5 Å². The van der Waals surface area contributed by atoms with E-state index in [1.807, 2.05) is 4.90 Å². The Balaban J connectivity index is 1.33. The summed E-state index contributed by atoms with van der Waals surface area (Å²) in [7, 11) is -3.62. The molecule has 1 amide bonds. The van der Waals surface area contributed by atoms with Gasteiger partial charge in [-0.2, -0.15) is 0 Å². The zero-order valence-electron chi connectivity index (χ0n) is 17.4. The molecule has 0 saturated carbocycles.